The van der Waals surface area contributed by atoms with Crippen LogP contribution in [-0.4, -0.2) is 252 Å². The Balaban J connectivity index is 0.000000173. The molecule has 26 nitrogen and oxygen atoms in total. The number of ether oxygens (including phenoxy) is 12. The van der Waals surface area contributed by atoms with Crippen molar-refractivity contribution >= 4 is 109 Å². The van der Waals surface area contributed by atoms with Gasteiger partial charge in [-0.1, -0.05) is 46.4 Å². The van der Waals surface area contributed by atoms with Gasteiger partial charge in [-0.15, -0.1) is 0 Å². The van der Waals surface area contributed by atoms with Crippen molar-refractivity contribution in [2.75, 3.05) is 119 Å². The fraction of sp³-hybridized carbons (Fsp3) is 0.573. The average Bonchev–Trinajstić information content (AvgIpc) is 1.63. The number of methoxy groups -OCH3 is 2. The minimum atomic E-state index is -1.04. The number of benzene rings is 7. The van der Waals surface area contributed by atoms with Crippen molar-refractivity contribution < 1.29 is 114 Å². The lowest BCUT2D eigenvalue weighted by molar-refractivity contribution is -0.0330. The zero-order chi connectivity index (χ0) is 107. The lowest BCUT2D eigenvalue weighted by Gasteiger charge is -2.39. The lowest BCUT2D eigenvalue weighted by Crippen LogP contribution is -2.50. The van der Waals surface area contributed by atoms with Gasteiger partial charge in [0.1, 0.15) is 97.0 Å². The number of fused-ring (bicyclic) bond motifs is 3. The Labute approximate surface area is 899 Å². The summed E-state index contributed by atoms with van der Waals surface area (Å²) in [4.78, 5) is 67.9. The Hall–Kier alpha value is -8.58. The van der Waals surface area contributed by atoms with Gasteiger partial charge < -0.3 is 102 Å². The highest BCUT2D eigenvalue weighted by Crippen LogP contribution is 2.47. The number of amides is 5. The van der Waals surface area contributed by atoms with Gasteiger partial charge in [0.15, 0.2) is 0 Å². The van der Waals surface area contributed by atoms with Crippen LogP contribution < -0.4 is 34.3 Å². The number of likely N-dealkylation sites (tertiary alicyclic amines) is 5. The Morgan fingerprint density at radius 2 is 0.673 bits per heavy atom. The molecule has 812 valence electrons. The van der Waals surface area contributed by atoms with Gasteiger partial charge in [0, 0.05) is 137 Å². The molecule has 0 unspecified atom stereocenters. The summed E-state index contributed by atoms with van der Waals surface area (Å²) < 4.78 is 132. The maximum absolute atomic E-state index is 13.8. The molecule has 0 saturated carbocycles. The Morgan fingerprint density at radius 3 is 1.03 bits per heavy atom. The van der Waals surface area contributed by atoms with Crippen LogP contribution in [-0.2, 0) is 65.3 Å². The molecule has 0 bridgehead atoms. The number of rotatable bonds is 7. The average molecular weight is 2270 g/mol. The number of hydrogen-bond donors (Lipinski definition) is 4. The van der Waals surface area contributed by atoms with Crippen molar-refractivity contribution in [2.24, 2.45) is 0 Å². The van der Waals surface area contributed by atoms with Crippen molar-refractivity contribution in [2.45, 2.75) is 287 Å². The van der Waals surface area contributed by atoms with Crippen LogP contribution in [0.2, 0.25) is 20.1 Å². The molecular weight excluding hydrogens is 2120 g/mol. The van der Waals surface area contributed by atoms with Gasteiger partial charge in [-0.05, 0) is 382 Å². The number of epoxide rings is 2. The summed E-state index contributed by atoms with van der Waals surface area (Å²) in [5.74, 6) is 2.56. The molecular formula is C110H146Br2Cl4F5N7O19. The predicted molar refractivity (Wildman–Crippen MR) is 566 cm³/mol. The predicted octanol–water partition coefficient (Wildman–Crippen LogP) is 24.5. The first-order valence-electron chi connectivity index (χ1n) is 50.3. The fourth-order valence-electron chi connectivity index (χ4n) is 18.4. The third-order valence-corrected chi connectivity index (χ3v) is 28.8. The minimum Gasteiger partial charge on any atom is -0.496 e. The highest BCUT2D eigenvalue weighted by atomic mass is 79.9. The van der Waals surface area contributed by atoms with Crippen LogP contribution in [0.3, 0.4) is 0 Å². The van der Waals surface area contributed by atoms with E-state index >= 15 is 0 Å². The van der Waals surface area contributed by atoms with Crippen molar-refractivity contribution in [3.8, 4) is 28.7 Å². The van der Waals surface area contributed by atoms with Gasteiger partial charge in [0.25, 0.3) is 0 Å². The third-order valence-electron chi connectivity index (χ3n) is 26.6. The van der Waals surface area contributed by atoms with E-state index in [1.807, 2.05) is 133 Å². The summed E-state index contributed by atoms with van der Waals surface area (Å²) in [6, 6.07) is 33.7. The standard InChI is InChI=1S/C18H26FNO4.C17H23ClFNO3.C17H22ClNO3.C12H14ClNO.C12H14FNO.C11H19NO3.C10H17NO3.C7H6BrFO.C6H3BrClF.H2/c1-17(2,3)24-16(21)20-9-7-18(22,8-10-20)12-13-11-14(19)5-6-15(13)23-4;1-16(2,3)23-15(21)20-8-6-17(22,7-9-20)11-12-10-13(18)4-5-14(12)19;1-16(2,3)22-15(20)19-8-6-17(7-9-19)11-12-10-13(18)4-5-14(12)21-17;2*13-10-1-2-11-9(7-10)8-12(15-11)3-5-14-6-4-12;1-10(2,3)15-9(13)12-6-4-11(5-7-12)8-14-11;1-8(2)14-9(12)11-5-3-10(4-6-11)7-13-10;1-10-7-3-2-5(9)4-6(7)8;7-5-3-4(8)1-2-6(5)9;/h5-6,11,22H,7-10,12H2,1-4H3;4-5,10,22H,6-9,11H2,1-3H3;4-5,10H,6-9,11H2,1-3H3;2*1-2,7,14H,3-6,8H2;4-8H2,1-3H3;8H,3-7H2,1-2H3;2-4H,1H3;1-3H;1H/i;;;;;;;;;1+1. The van der Waals surface area contributed by atoms with Gasteiger partial charge in [0.05, 0.1) is 64.9 Å². The second-order valence-electron chi connectivity index (χ2n) is 43.7. The molecule has 4 N–H and O–H groups in total. The van der Waals surface area contributed by atoms with Gasteiger partial charge in [-0.25, -0.2) is 45.9 Å². The molecule has 147 heavy (non-hydrogen) atoms. The van der Waals surface area contributed by atoms with Crippen molar-refractivity contribution in [1.82, 2.24) is 35.1 Å². The topological polar surface area (TPSA) is 283 Å². The summed E-state index contributed by atoms with van der Waals surface area (Å²) >= 11 is 29.6. The second kappa shape index (κ2) is 51.2. The Morgan fingerprint density at radius 1 is 0.374 bits per heavy atom. The number of nitrogens with zero attached hydrogens (tertiary/aromatic N) is 5. The van der Waals surface area contributed by atoms with E-state index in [0.29, 0.717) is 107 Å². The number of carbonyl (C=O) groups is 5. The lowest BCUT2D eigenvalue weighted by atomic mass is 9.85. The number of piperidine rings is 7. The van der Waals surface area contributed by atoms with Gasteiger partial charge in [-0.3, -0.25) is 0 Å². The van der Waals surface area contributed by atoms with Crippen LogP contribution in [0.15, 0.2) is 136 Å². The van der Waals surface area contributed by atoms with Crippen molar-refractivity contribution in [3.05, 3.63) is 213 Å². The molecule has 12 aliphatic heterocycles. The molecule has 5 amide bonds. The Bertz CT molecular complexity index is 5500. The van der Waals surface area contributed by atoms with Crippen LogP contribution in [0.1, 0.15) is 216 Å². The minimum absolute atomic E-state index is 0. The van der Waals surface area contributed by atoms with Crippen LogP contribution >= 0.6 is 78.3 Å². The molecule has 12 heterocycles. The number of aliphatic hydroxyl groups is 2. The smallest absolute Gasteiger partial charge is 0.410 e. The molecule has 19 rings (SSSR count). The molecule has 7 aromatic carbocycles. The SMILES string of the molecule is CC(C)(C)OC(=O)N1CCC(O)(Cc2cc(Cl)ccc2F)CC1.CC(C)(C)OC(=O)N1CCC2(CC1)CO2.CC(C)(C)OC(=O)N1CCC2(CC1)Cc1cc(Cl)ccc1O2.CC(C)OC(=O)N1CCC2(CC1)CO2.COc1ccc(F)cc1Br.COc1ccc(F)cc1CC1(O)CCN(C(=O)OC(C)(C)C)CC1.Clc1ccc2c(c1)CC1(CCNCC1)O2.Fc1ccc(Cl)cc1Br.Fc1ccc2c(c1)CC1(CCNCC1)O2.[2HH]. The zero-order valence-corrected chi connectivity index (χ0v) is 93.4. The van der Waals surface area contributed by atoms with Crippen molar-refractivity contribution in [1.29, 1.82) is 0 Å². The number of nitrogens with one attached hydrogen (secondary N) is 2. The van der Waals surface area contributed by atoms with Gasteiger partial charge in [0.2, 0.25) is 0 Å². The zero-order valence-electron chi connectivity index (χ0n) is 87.2. The first-order chi connectivity index (χ1) is 69.0. The number of carbonyl (C=O) groups excluding carboxylic acids is 5. The van der Waals surface area contributed by atoms with E-state index in [4.69, 9.17) is 103 Å². The molecule has 5 spiro atoms. The van der Waals surface area contributed by atoms with Crippen LogP contribution in [0.4, 0.5) is 45.9 Å². The maximum atomic E-state index is 13.8. The largest absolute Gasteiger partial charge is 0.496 e. The van der Waals surface area contributed by atoms with E-state index in [-0.39, 0.29) is 108 Å². The molecule has 9 fully saturated rings. The quantitative estimate of drug-likeness (QED) is 0.0499. The molecule has 0 atom stereocenters. The normalized spacial score (nSPS) is 19.2. The third kappa shape index (κ3) is 37.2. The van der Waals surface area contributed by atoms with E-state index in [9.17, 15) is 56.1 Å². The first-order valence-corrected chi connectivity index (χ1v) is 53.4. The van der Waals surface area contributed by atoms with E-state index < -0.39 is 33.6 Å². The number of hydrogen-bond acceptors (Lipinski definition) is 21. The molecule has 12 aliphatic rings. The van der Waals surface area contributed by atoms with E-state index in [1.54, 1.807) is 48.8 Å². The fourth-order valence-corrected chi connectivity index (χ4v) is 20.2. The summed E-state index contributed by atoms with van der Waals surface area (Å²) in [7, 11) is 3.06. The molecule has 0 radical (unpaired) electrons. The number of halogens is 11. The molecule has 0 aliphatic carbocycles. The van der Waals surface area contributed by atoms with Crippen LogP contribution in [0, 0.1) is 29.1 Å². The van der Waals surface area contributed by atoms with E-state index in [1.165, 1.54) is 92.1 Å². The van der Waals surface area contributed by atoms with E-state index in [0.717, 1.165) is 182 Å². The first kappa shape index (κ1) is 119. The van der Waals surface area contributed by atoms with Gasteiger partial charge >= 0.3 is 30.5 Å². The van der Waals surface area contributed by atoms with Gasteiger partial charge in [-0.2, -0.15) is 0 Å². The maximum Gasteiger partial charge on any atom is 0.410 e. The molecule has 9 saturated heterocycles. The molecule has 0 aromatic heterocycles. The monoisotopic (exact) mass is 2260 g/mol. The van der Waals surface area contributed by atoms with Crippen LogP contribution in [0.5, 0.6) is 28.7 Å². The van der Waals surface area contributed by atoms with Crippen LogP contribution in [0.25, 0.3) is 0 Å². The summed E-state index contributed by atoms with van der Waals surface area (Å²) in [5.41, 5.74) is 0.581. The highest BCUT2D eigenvalue weighted by Gasteiger charge is 2.51. The Kier molecular flexibility index (Phi) is 41.4. The summed E-state index contributed by atoms with van der Waals surface area (Å²) in [5, 5.41) is 30.7. The summed E-state index contributed by atoms with van der Waals surface area (Å²) in [6.45, 7) is 37.8. The molecule has 7 aromatic rings. The summed E-state index contributed by atoms with van der Waals surface area (Å²) in [6.07, 6.45) is 13.1. The highest BCUT2D eigenvalue weighted by molar-refractivity contribution is 9.10. The second-order valence-corrected chi connectivity index (χ2v) is 47.2. The molecule has 37 heteroatoms. The van der Waals surface area contributed by atoms with E-state index in [2.05, 4.69) is 42.5 Å². The van der Waals surface area contributed by atoms with Crippen molar-refractivity contribution in [3.63, 3.8) is 0 Å².